The Morgan fingerprint density at radius 3 is 2.62 bits per heavy atom. The van der Waals surface area contributed by atoms with E-state index in [2.05, 4.69) is 21.2 Å². The van der Waals surface area contributed by atoms with Crippen molar-refractivity contribution in [3.8, 4) is 0 Å². The lowest BCUT2D eigenvalue weighted by Gasteiger charge is -2.11. The highest BCUT2D eigenvalue weighted by Gasteiger charge is 2.21. The van der Waals surface area contributed by atoms with E-state index < -0.39 is 17.9 Å². The maximum absolute atomic E-state index is 11.9. The van der Waals surface area contributed by atoms with Crippen LogP contribution in [0.4, 0.5) is 0 Å². The van der Waals surface area contributed by atoms with Crippen LogP contribution in [0.3, 0.4) is 0 Å². The highest BCUT2D eigenvalue weighted by atomic mass is 79.9. The molecule has 1 aromatic carbocycles. The van der Waals surface area contributed by atoms with Gasteiger partial charge in [0, 0.05) is 15.4 Å². The Labute approximate surface area is 134 Å². The predicted octanol–water partition coefficient (Wildman–Crippen LogP) is 3.47. The van der Waals surface area contributed by atoms with Gasteiger partial charge in [-0.2, -0.15) is 0 Å². The van der Waals surface area contributed by atoms with Crippen LogP contribution in [0.1, 0.15) is 16.5 Å². The zero-order valence-electron chi connectivity index (χ0n) is 10.8. The molecule has 1 amide bonds. The quantitative estimate of drug-likeness (QED) is 0.797. The highest BCUT2D eigenvalue weighted by molar-refractivity contribution is 9.10. The summed E-state index contributed by atoms with van der Waals surface area (Å²) in [6.07, 6.45) is 2.95. The Morgan fingerprint density at radius 2 is 2.00 bits per heavy atom. The minimum Gasteiger partial charge on any atom is -0.479 e. The van der Waals surface area contributed by atoms with Gasteiger partial charge in [0.25, 0.3) is 0 Å². The van der Waals surface area contributed by atoms with Gasteiger partial charge in [0.2, 0.25) is 5.91 Å². The van der Waals surface area contributed by atoms with Crippen LogP contribution in [-0.2, 0) is 9.59 Å². The maximum atomic E-state index is 11.9. The number of hydrogen-bond donors (Lipinski definition) is 2. The van der Waals surface area contributed by atoms with E-state index in [9.17, 15) is 14.7 Å². The summed E-state index contributed by atoms with van der Waals surface area (Å²) in [5, 5.41) is 13.4. The van der Waals surface area contributed by atoms with Crippen molar-refractivity contribution < 1.29 is 14.7 Å². The molecule has 0 aliphatic carbocycles. The maximum Gasteiger partial charge on any atom is 0.331 e. The monoisotopic (exact) mass is 365 g/mol. The molecule has 0 spiro atoms. The third kappa shape index (κ3) is 4.27. The Morgan fingerprint density at radius 1 is 1.24 bits per heavy atom. The van der Waals surface area contributed by atoms with Crippen molar-refractivity contribution in [2.24, 2.45) is 0 Å². The van der Waals surface area contributed by atoms with Crippen LogP contribution in [-0.4, -0.2) is 17.0 Å². The Kier molecular flexibility index (Phi) is 5.30. The van der Waals surface area contributed by atoms with E-state index in [-0.39, 0.29) is 0 Å². The topological polar surface area (TPSA) is 66.4 Å². The van der Waals surface area contributed by atoms with Gasteiger partial charge in [0.05, 0.1) is 0 Å². The number of carbonyl (C=O) groups excluding carboxylic acids is 1. The predicted molar refractivity (Wildman–Crippen MR) is 86.0 cm³/mol. The number of hydrogen-bond acceptors (Lipinski definition) is 3. The minimum absolute atomic E-state index is 0.452. The summed E-state index contributed by atoms with van der Waals surface area (Å²) >= 11 is 4.67. The van der Waals surface area contributed by atoms with Gasteiger partial charge in [-0.15, -0.1) is 11.3 Å². The van der Waals surface area contributed by atoms with E-state index in [1.54, 1.807) is 23.6 Å². The van der Waals surface area contributed by atoms with Gasteiger partial charge >= 0.3 is 5.97 Å². The molecular weight excluding hydrogens is 354 g/mol. The number of carbonyl (C=O) groups is 2. The van der Waals surface area contributed by atoms with Crippen molar-refractivity contribution in [1.82, 2.24) is 5.32 Å². The van der Waals surface area contributed by atoms with Gasteiger partial charge in [-0.25, -0.2) is 4.79 Å². The number of amides is 1. The van der Waals surface area contributed by atoms with Crippen LogP contribution >= 0.6 is 27.3 Å². The smallest absolute Gasteiger partial charge is 0.331 e. The lowest BCUT2D eigenvalue weighted by atomic mass is 10.2. The van der Waals surface area contributed by atoms with Crippen molar-refractivity contribution in [3.63, 3.8) is 0 Å². The molecule has 0 aliphatic heterocycles. The van der Waals surface area contributed by atoms with Gasteiger partial charge in [-0.3, -0.25) is 4.79 Å². The molecule has 0 fully saturated rings. The van der Waals surface area contributed by atoms with E-state index in [0.717, 1.165) is 10.0 Å². The average molecular weight is 366 g/mol. The Balaban J connectivity index is 2.07. The zero-order chi connectivity index (χ0) is 15.2. The standard InChI is InChI=1S/C15H12BrNO3S/c16-11-5-2-1-4-10(11)7-8-13(18)17-14(15(19)20)12-6-3-9-21-12/h1-9,14H,(H,17,18)(H,19,20)/b8-7+. The molecule has 2 N–H and O–H groups in total. The van der Waals surface area contributed by atoms with Gasteiger partial charge in [0.1, 0.15) is 0 Å². The van der Waals surface area contributed by atoms with Gasteiger partial charge in [0.15, 0.2) is 6.04 Å². The van der Waals surface area contributed by atoms with E-state index in [1.165, 1.54) is 17.4 Å². The fourth-order valence-electron chi connectivity index (χ4n) is 1.68. The minimum atomic E-state index is -1.08. The number of carboxylic acids is 1. The summed E-state index contributed by atoms with van der Waals surface area (Å²) in [6.45, 7) is 0. The fourth-order valence-corrected chi connectivity index (χ4v) is 2.86. The zero-order valence-corrected chi connectivity index (χ0v) is 13.2. The van der Waals surface area contributed by atoms with Crippen molar-refractivity contribution in [2.45, 2.75) is 6.04 Å². The molecule has 1 unspecified atom stereocenters. The van der Waals surface area contributed by atoms with Crippen LogP contribution in [0.25, 0.3) is 6.08 Å². The normalized spacial score (nSPS) is 12.2. The van der Waals surface area contributed by atoms with E-state index in [1.807, 2.05) is 24.3 Å². The molecule has 1 heterocycles. The molecule has 21 heavy (non-hydrogen) atoms. The number of nitrogens with one attached hydrogen (secondary N) is 1. The summed E-state index contributed by atoms with van der Waals surface area (Å²) in [5.74, 6) is -1.54. The number of rotatable bonds is 5. The first-order chi connectivity index (χ1) is 10.1. The van der Waals surface area contributed by atoms with Crippen LogP contribution in [0, 0.1) is 0 Å². The van der Waals surface area contributed by atoms with Gasteiger partial charge < -0.3 is 10.4 Å². The summed E-state index contributed by atoms with van der Waals surface area (Å²) in [7, 11) is 0. The lowest BCUT2D eigenvalue weighted by Crippen LogP contribution is -2.31. The molecule has 2 rings (SSSR count). The number of carboxylic acid groups (broad SMARTS) is 1. The van der Waals surface area contributed by atoms with Crippen LogP contribution < -0.4 is 5.32 Å². The van der Waals surface area contributed by atoms with Crippen LogP contribution in [0.5, 0.6) is 0 Å². The number of halogens is 1. The van der Waals surface area contributed by atoms with Gasteiger partial charge in [-0.05, 0) is 29.2 Å². The molecule has 1 aromatic heterocycles. The van der Waals surface area contributed by atoms with E-state index in [0.29, 0.717) is 4.88 Å². The van der Waals surface area contributed by atoms with E-state index in [4.69, 9.17) is 0 Å². The molecule has 4 nitrogen and oxygen atoms in total. The molecular formula is C15H12BrNO3S. The summed E-state index contributed by atoms with van der Waals surface area (Å²) in [4.78, 5) is 23.7. The summed E-state index contributed by atoms with van der Waals surface area (Å²) < 4.78 is 0.863. The molecule has 0 saturated heterocycles. The Bertz CT molecular complexity index is 667. The van der Waals surface area contributed by atoms with E-state index >= 15 is 0 Å². The highest BCUT2D eigenvalue weighted by Crippen LogP contribution is 2.20. The average Bonchev–Trinajstić information content (AvgIpc) is 2.97. The molecule has 6 heteroatoms. The molecule has 1 atom stereocenters. The molecule has 0 saturated carbocycles. The van der Waals surface area contributed by atoms with Crippen molar-refractivity contribution in [1.29, 1.82) is 0 Å². The second-order valence-corrected chi connectivity index (χ2v) is 5.98. The summed E-state index contributed by atoms with van der Waals surface area (Å²) in [6, 6.07) is 9.85. The third-order valence-corrected chi connectivity index (χ3v) is 4.34. The van der Waals surface area contributed by atoms with Gasteiger partial charge in [-0.1, -0.05) is 40.2 Å². The van der Waals surface area contributed by atoms with Crippen molar-refractivity contribution in [2.75, 3.05) is 0 Å². The molecule has 0 radical (unpaired) electrons. The number of benzene rings is 1. The SMILES string of the molecule is O=C(/C=C/c1ccccc1Br)NC(C(=O)O)c1cccs1. The fraction of sp³-hybridized carbons (Fsp3) is 0.0667. The first kappa shape index (κ1) is 15.5. The number of aliphatic carboxylic acids is 1. The first-order valence-corrected chi connectivity index (χ1v) is 7.74. The second-order valence-electron chi connectivity index (χ2n) is 4.15. The molecule has 2 aromatic rings. The Hall–Kier alpha value is -1.92. The van der Waals surface area contributed by atoms with Crippen LogP contribution in [0.15, 0.2) is 52.3 Å². The largest absolute Gasteiger partial charge is 0.479 e. The van der Waals surface area contributed by atoms with Crippen molar-refractivity contribution in [3.05, 3.63) is 62.8 Å². The van der Waals surface area contributed by atoms with Crippen LogP contribution in [0.2, 0.25) is 0 Å². The summed E-state index contributed by atoms with van der Waals surface area (Å²) in [5.41, 5.74) is 0.843. The number of thiophene rings is 1. The molecule has 108 valence electrons. The van der Waals surface area contributed by atoms with Crippen molar-refractivity contribution >= 4 is 45.2 Å². The first-order valence-electron chi connectivity index (χ1n) is 6.07. The lowest BCUT2D eigenvalue weighted by molar-refractivity contribution is -0.141. The third-order valence-electron chi connectivity index (χ3n) is 2.68. The molecule has 0 aliphatic rings. The second kappa shape index (κ2) is 7.19. The molecule has 0 bridgehead atoms.